The maximum Gasteiger partial charge on any atom is 0.126 e. The smallest absolute Gasteiger partial charge is 0.126 e. The third kappa shape index (κ3) is 2.48. The van der Waals surface area contributed by atoms with Crippen LogP contribution in [-0.2, 0) is 5.54 Å². The number of likely N-dealkylation sites (tertiary alicyclic amines) is 1. The summed E-state index contributed by atoms with van der Waals surface area (Å²) in [5.74, 6) is -1.01. The Hall–Kier alpha value is -1.00. The van der Waals surface area contributed by atoms with Crippen LogP contribution in [0.5, 0.6) is 0 Å². The second-order valence-electron chi connectivity index (χ2n) is 4.79. The van der Waals surface area contributed by atoms with E-state index in [-0.39, 0.29) is 5.54 Å². The van der Waals surface area contributed by atoms with E-state index in [4.69, 9.17) is 0 Å². The number of piperidine rings is 1. The van der Waals surface area contributed by atoms with Crippen molar-refractivity contribution in [2.45, 2.75) is 18.4 Å². The van der Waals surface area contributed by atoms with Gasteiger partial charge in [-0.05, 0) is 57.7 Å². The number of benzene rings is 1. The van der Waals surface area contributed by atoms with E-state index in [9.17, 15) is 8.78 Å². The zero-order valence-electron chi connectivity index (χ0n) is 10.3. The highest BCUT2D eigenvalue weighted by Crippen LogP contribution is 2.32. The molecule has 0 spiro atoms. The molecule has 0 bridgehead atoms. The van der Waals surface area contributed by atoms with Gasteiger partial charge in [0.1, 0.15) is 11.6 Å². The zero-order valence-corrected chi connectivity index (χ0v) is 10.3. The van der Waals surface area contributed by atoms with Gasteiger partial charge >= 0.3 is 0 Å². The molecule has 0 saturated carbocycles. The molecule has 1 heterocycles. The molecule has 1 aromatic carbocycles. The molecule has 1 N–H and O–H groups in total. The SMILES string of the molecule is CNC1(c2cc(F)cc(F)c2)CCN(C)CC1. The molecule has 0 aliphatic carbocycles. The highest BCUT2D eigenvalue weighted by molar-refractivity contribution is 5.27. The summed E-state index contributed by atoms with van der Waals surface area (Å²) < 4.78 is 26.6. The van der Waals surface area contributed by atoms with Crippen LogP contribution in [0.15, 0.2) is 18.2 Å². The average Bonchev–Trinajstić information content (AvgIpc) is 2.29. The lowest BCUT2D eigenvalue weighted by Crippen LogP contribution is -2.48. The Labute approximate surface area is 101 Å². The van der Waals surface area contributed by atoms with Crippen LogP contribution in [0.25, 0.3) is 0 Å². The fourth-order valence-corrected chi connectivity index (χ4v) is 2.51. The van der Waals surface area contributed by atoms with Crippen molar-refractivity contribution in [1.29, 1.82) is 0 Å². The van der Waals surface area contributed by atoms with E-state index >= 15 is 0 Å². The summed E-state index contributed by atoms with van der Waals surface area (Å²) in [6, 6.07) is 3.79. The van der Waals surface area contributed by atoms with Gasteiger partial charge in [0.05, 0.1) is 0 Å². The van der Waals surface area contributed by atoms with Crippen LogP contribution in [0.2, 0.25) is 0 Å². The van der Waals surface area contributed by atoms with Crippen molar-refractivity contribution >= 4 is 0 Å². The van der Waals surface area contributed by atoms with Gasteiger partial charge in [0.15, 0.2) is 0 Å². The molecule has 0 atom stereocenters. The summed E-state index contributed by atoms with van der Waals surface area (Å²) in [6.45, 7) is 1.86. The normalized spacial score (nSPS) is 20.5. The molecule has 1 saturated heterocycles. The van der Waals surface area contributed by atoms with Gasteiger partial charge in [-0.25, -0.2) is 8.78 Å². The predicted molar refractivity (Wildman–Crippen MR) is 63.8 cm³/mol. The molecule has 94 valence electrons. The van der Waals surface area contributed by atoms with E-state index in [0.717, 1.165) is 32.0 Å². The molecule has 2 nitrogen and oxygen atoms in total. The molecule has 0 amide bonds. The van der Waals surface area contributed by atoms with Crippen molar-refractivity contribution in [2.75, 3.05) is 27.2 Å². The first-order valence-corrected chi connectivity index (χ1v) is 5.90. The van der Waals surface area contributed by atoms with Crippen LogP contribution in [-0.4, -0.2) is 32.1 Å². The minimum absolute atomic E-state index is 0.296. The Morgan fingerprint density at radius 3 is 2.12 bits per heavy atom. The minimum Gasteiger partial charge on any atom is -0.310 e. The standard InChI is InChI=1S/C13H18F2N2/c1-16-13(3-5-17(2)6-4-13)10-7-11(14)9-12(15)8-10/h7-9,16H,3-6H2,1-2H3. The largest absolute Gasteiger partial charge is 0.310 e. The molecule has 17 heavy (non-hydrogen) atoms. The molecule has 2 rings (SSSR count). The molecule has 0 radical (unpaired) electrons. The molecule has 0 unspecified atom stereocenters. The van der Waals surface area contributed by atoms with E-state index in [2.05, 4.69) is 17.3 Å². The average molecular weight is 240 g/mol. The summed E-state index contributed by atoms with van der Waals surface area (Å²) in [7, 11) is 3.92. The Morgan fingerprint density at radius 1 is 1.12 bits per heavy atom. The van der Waals surface area contributed by atoms with Gasteiger partial charge in [0.25, 0.3) is 0 Å². The van der Waals surface area contributed by atoms with Gasteiger partial charge in [0.2, 0.25) is 0 Å². The summed E-state index contributed by atoms with van der Waals surface area (Å²) in [4.78, 5) is 2.23. The Balaban J connectivity index is 2.34. The molecular formula is C13H18F2N2. The number of hydrogen-bond acceptors (Lipinski definition) is 2. The first-order valence-electron chi connectivity index (χ1n) is 5.90. The Bertz CT molecular complexity index is 378. The quantitative estimate of drug-likeness (QED) is 0.851. The van der Waals surface area contributed by atoms with Gasteiger partial charge in [0, 0.05) is 11.6 Å². The van der Waals surface area contributed by atoms with Crippen LogP contribution < -0.4 is 5.32 Å². The maximum absolute atomic E-state index is 13.3. The van der Waals surface area contributed by atoms with Crippen molar-refractivity contribution < 1.29 is 8.78 Å². The summed E-state index contributed by atoms with van der Waals surface area (Å²) in [5, 5.41) is 3.25. The summed E-state index contributed by atoms with van der Waals surface area (Å²) >= 11 is 0. The Kier molecular flexibility index (Phi) is 3.45. The van der Waals surface area contributed by atoms with Gasteiger partial charge in [-0.3, -0.25) is 0 Å². The van der Waals surface area contributed by atoms with Crippen LogP contribution in [0.3, 0.4) is 0 Å². The third-order valence-electron chi connectivity index (χ3n) is 3.73. The van der Waals surface area contributed by atoms with Gasteiger partial charge < -0.3 is 10.2 Å². The van der Waals surface area contributed by atoms with Crippen LogP contribution in [0.4, 0.5) is 8.78 Å². The number of halogens is 2. The van der Waals surface area contributed by atoms with Crippen LogP contribution >= 0.6 is 0 Å². The van der Waals surface area contributed by atoms with Gasteiger partial charge in [-0.2, -0.15) is 0 Å². The van der Waals surface area contributed by atoms with E-state index < -0.39 is 11.6 Å². The maximum atomic E-state index is 13.3. The highest BCUT2D eigenvalue weighted by atomic mass is 19.1. The fourth-order valence-electron chi connectivity index (χ4n) is 2.51. The lowest BCUT2D eigenvalue weighted by Gasteiger charge is -2.41. The molecule has 1 aliphatic heterocycles. The minimum atomic E-state index is -0.506. The predicted octanol–water partition coefficient (Wildman–Crippen LogP) is 2.11. The molecule has 1 aromatic rings. The van der Waals surface area contributed by atoms with E-state index in [0.29, 0.717) is 5.56 Å². The van der Waals surface area contributed by atoms with Crippen LogP contribution in [0, 0.1) is 11.6 Å². The monoisotopic (exact) mass is 240 g/mol. The lowest BCUT2D eigenvalue weighted by atomic mass is 9.81. The van der Waals surface area contributed by atoms with E-state index in [1.165, 1.54) is 12.1 Å². The molecule has 4 heteroatoms. The van der Waals surface area contributed by atoms with Crippen molar-refractivity contribution in [3.63, 3.8) is 0 Å². The topological polar surface area (TPSA) is 15.3 Å². The number of hydrogen-bond donors (Lipinski definition) is 1. The van der Waals surface area contributed by atoms with Crippen molar-refractivity contribution in [3.8, 4) is 0 Å². The molecule has 0 aromatic heterocycles. The number of nitrogens with zero attached hydrogens (tertiary/aromatic N) is 1. The third-order valence-corrected chi connectivity index (χ3v) is 3.73. The first-order chi connectivity index (χ1) is 8.05. The van der Waals surface area contributed by atoms with Crippen molar-refractivity contribution in [2.24, 2.45) is 0 Å². The second-order valence-corrected chi connectivity index (χ2v) is 4.79. The molecule has 1 fully saturated rings. The van der Waals surface area contributed by atoms with Gasteiger partial charge in [-0.1, -0.05) is 0 Å². The van der Waals surface area contributed by atoms with Gasteiger partial charge in [-0.15, -0.1) is 0 Å². The van der Waals surface area contributed by atoms with Crippen LogP contribution in [0.1, 0.15) is 18.4 Å². The fraction of sp³-hybridized carbons (Fsp3) is 0.538. The number of rotatable bonds is 2. The first kappa shape index (κ1) is 12.5. The zero-order chi connectivity index (χ0) is 12.5. The van der Waals surface area contributed by atoms with E-state index in [1.54, 1.807) is 0 Å². The number of nitrogens with one attached hydrogen (secondary N) is 1. The molecule has 1 aliphatic rings. The summed E-state index contributed by atoms with van der Waals surface area (Å²) in [5.41, 5.74) is 0.417. The molecular weight excluding hydrogens is 222 g/mol. The highest BCUT2D eigenvalue weighted by Gasteiger charge is 2.34. The second kappa shape index (κ2) is 4.70. The Morgan fingerprint density at radius 2 is 1.65 bits per heavy atom. The van der Waals surface area contributed by atoms with Crippen molar-refractivity contribution in [1.82, 2.24) is 10.2 Å². The van der Waals surface area contributed by atoms with E-state index in [1.807, 2.05) is 7.05 Å². The summed E-state index contributed by atoms with van der Waals surface area (Å²) in [6.07, 6.45) is 1.73. The lowest BCUT2D eigenvalue weighted by molar-refractivity contribution is 0.164. The van der Waals surface area contributed by atoms with Crippen molar-refractivity contribution in [3.05, 3.63) is 35.4 Å².